The van der Waals surface area contributed by atoms with Crippen LogP contribution >= 0.6 is 23.4 Å². The van der Waals surface area contributed by atoms with E-state index >= 15 is 0 Å². The van der Waals surface area contributed by atoms with Gasteiger partial charge < -0.3 is 10.1 Å². The molecule has 0 spiro atoms. The van der Waals surface area contributed by atoms with Crippen LogP contribution in [0.4, 0.5) is 0 Å². The third kappa shape index (κ3) is 4.40. The highest BCUT2D eigenvalue weighted by molar-refractivity contribution is 8.00. The molecule has 1 aromatic carbocycles. The van der Waals surface area contributed by atoms with E-state index in [4.69, 9.17) is 16.3 Å². The molecule has 0 aliphatic carbocycles. The molecule has 0 radical (unpaired) electrons. The van der Waals surface area contributed by atoms with Crippen molar-refractivity contribution in [1.82, 2.24) is 5.32 Å². The summed E-state index contributed by atoms with van der Waals surface area (Å²) in [7, 11) is 0. The molecule has 1 amide bonds. The first-order valence-corrected chi connectivity index (χ1v) is 8.38. The van der Waals surface area contributed by atoms with Crippen LogP contribution in [0.15, 0.2) is 24.3 Å². The first kappa shape index (κ1) is 15.7. The van der Waals surface area contributed by atoms with Gasteiger partial charge >= 0.3 is 0 Å². The van der Waals surface area contributed by atoms with Crippen molar-refractivity contribution in [1.29, 1.82) is 0 Å². The van der Waals surface area contributed by atoms with Crippen LogP contribution in [-0.2, 0) is 16.0 Å². The fourth-order valence-corrected chi connectivity index (χ4v) is 3.36. The Balaban J connectivity index is 1.85. The van der Waals surface area contributed by atoms with E-state index < -0.39 is 0 Å². The van der Waals surface area contributed by atoms with Gasteiger partial charge in [-0.1, -0.05) is 23.7 Å². The molecule has 2 rings (SSSR count). The standard InChI is InChI=1S/C15H20ClNO2S/c1-20-15(5-7-19-8-6-15)11-17-14(18)10-12-3-2-4-13(16)9-12/h2-4,9H,5-8,10-11H2,1H3,(H,17,18). The molecule has 3 nitrogen and oxygen atoms in total. The fourth-order valence-electron chi connectivity index (χ4n) is 2.35. The predicted octanol–water partition coefficient (Wildman–Crippen LogP) is 2.91. The molecule has 0 atom stereocenters. The van der Waals surface area contributed by atoms with Gasteiger partial charge in [-0.05, 0) is 36.8 Å². The minimum Gasteiger partial charge on any atom is -0.381 e. The summed E-state index contributed by atoms with van der Waals surface area (Å²) in [6.45, 7) is 2.27. The number of hydrogen-bond donors (Lipinski definition) is 1. The van der Waals surface area contributed by atoms with E-state index in [9.17, 15) is 4.79 Å². The third-order valence-corrected chi connectivity index (χ3v) is 5.35. The number of amides is 1. The Morgan fingerprint density at radius 3 is 2.85 bits per heavy atom. The molecule has 1 aliphatic rings. The molecule has 0 aromatic heterocycles. The van der Waals surface area contributed by atoms with Crippen LogP contribution in [0.2, 0.25) is 5.02 Å². The molecule has 1 heterocycles. The number of carbonyl (C=O) groups excluding carboxylic acids is 1. The maximum absolute atomic E-state index is 12.0. The molecule has 20 heavy (non-hydrogen) atoms. The normalized spacial score (nSPS) is 17.7. The number of hydrogen-bond acceptors (Lipinski definition) is 3. The number of carbonyl (C=O) groups is 1. The zero-order valence-electron chi connectivity index (χ0n) is 11.7. The molecule has 0 unspecified atom stereocenters. The molecule has 1 N–H and O–H groups in total. The van der Waals surface area contributed by atoms with Crippen molar-refractivity contribution in [3.8, 4) is 0 Å². The van der Waals surface area contributed by atoms with Crippen LogP contribution in [0, 0.1) is 0 Å². The van der Waals surface area contributed by atoms with Gasteiger partial charge in [-0.2, -0.15) is 11.8 Å². The fraction of sp³-hybridized carbons (Fsp3) is 0.533. The topological polar surface area (TPSA) is 38.3 Å². The summed E-state index contributed by atoms with van der Waals surface area (Å²) in [5.41, 5.74) is 0.945. The van der Waals surface area contributed by atoms with E-state index in [0.717, 1.165) is 31.6 Å². The second-order valence-electron chi connectivity index (χ2n) is 5.08. The summed E-state index contributed by atoms with van der Waals surface area (Å²) in [5, 5.41) is 3.72. The number of rotatable bonds is 5. The molecule has 110 valence electrons. The molecule has 1 saturated heterocycles. The third-order valence-electron chi connectivity index (χ3n) is 3.70. The van der Waals surface area contributed by atoms with Crippen molar-refractivity contribution in [3.05, 3.63) is 34.9 Å². The van der Waals surface area contributed by atoms with Crippen LogP contribution in [-0.4, -0.2) is 36.7 Å². The van der Waals surface area contributed by atoms with E-state index in [0.29, 0.717) is 18.0 Å². The number of nitrogens with one attached hydrogen (secondary N) is 1. The van der Waals surface area contributed by atoms with Gasteiger partial charge in [0, 0.05) is 29.5 Å². The summed E-state index contributed by atoms with van der Waals surface area (Å²) in [6.07, 6.45) is 4.47. The Kier molecular flexibility index (Phi) is 5.75. The summed E-state index contributed by atoms with van der Waals surface area (Å²) >= 11 is 7.75. The highest BCUT2D eigenvalue weighted by Crippen LogP contribution is 2.32. The Hall–Kier alpha value is -0.710. The van der Waals surface area contributed by atoms with E-state index in [-0.39, 0.29) is 10.7 Å². The first-order chi connectivity index (χ1) is 9.63. The zero-order valence-corrected chi connectivity index (χ0v) is 13.2. The predicted molar refractivity (Wildman–Crippen MR) is 84.5 cm³/mol. The lowest BCUT2D eigenvalue weighted by Gasteiger charge is -2.35. The molecule has 0 bridgehead atoms. The highest BCUT2D eigenvalue weighted by atomic mass is 35.5. The number of ether oxygens (including phenoxy) is 1. The van der Waals surface area contributed by atoms with Crippen LogP contribution in [0.5, 0.6) is 0 Å². The Labute approximate surface area is 129 Å². The second-order valence-corrected chi connectivity index (χ2v) is 6.79. The Bertz CT molecular complexity index is 461. The number of thioether (sulfide) groups is 1. The smallest absolute Gasteiger partial charge is 0.224 e. The van der Waals surface area contributed by atoms with Crippen LogP contribution in [0.1, 0.15) is 18.4 Å². The van der Waals surface area contributed by atoms with Gasteiger partial charge in [0.05, 0.1) is 6.42 Å². The Morgan fingerprint density at radius 2 is 2.20 bits per heavy atom. The molecular formula is C15H20ClNO2S. The van der Waals surface area contributed by atoms with Gasteiger partial charge in [0.2, 0.25) is 5.91 Å². The maximum atomic E-state index is 12.0. The van der Waals surface area contributed by atoms with Crippen molar-refractivity contribution in [3.63, 3.8) is 0 Å². The summed E-state index contributed by atoms with van der Waals surface area (Å²) < 4.78 is 5.53. The average molecular weight is 314 g/mol. The molecule has 0 saturated carbocycles. The van der Waals surface area contributed by atoms with Gasteiger partial charge in [0.1, 0.15) is 0 Å². The molecule has 1 aliphatic heterocycles. The van der Waals surface area contributed by atoms with Crippen molar-refractivity contribution in [2.24, 2.45) is 0 Å². The highest BCUT2D eigenvalue weighted by Gasteiger charge is 2.31. The summed E-state index contributed by atoms with van der Waals surface area (Å²) in [6, 6.07) is 7.44. The van der Waals surface area contributed by atoms with E-state index in [1.807, 2.05) is 36.0 Å². The Morgan fingerprint density at radius 1 is 1.45 bits per heavy atom. The van der Waals surface area contributed by atoms with Gasteiger partial charge in [0.15, 0.2) is 0 Å². The zero-order chi connectivity index (χ0) is 14.4. The van der Waals surface area contributed by atoms with Gasteiger partial charge in [0.25, 0.3) is 0 Å². The molecular weight excluding hydrogens is 294 g/mol. The largest absolute Gasteiger partial charge is 0.381 e. The second kappa shape index (κ2) is 7.34. The van der Waals surface area contributed by atoms with Gasteiger partial charge in [-0.15, -0.1) is 0 Å². The van der Waals surface area contributed by atoms with Crippen molar-refractivity contribution in [2.75, 3.05) is 26.0 Å². The minimum atomic E-state index is 0.0483. The minimum absolute atomic E-state index is 0.0483. The maximum Gasteiger partial charge on any atom is 0.224 e. The van der Waals surface area contributed by atoms with Crippen LogP contribution < -0.4 is 5.32 Å². The SMILES string of the molecule is CSC1(CNC(=O)Cc2cccc(Cl)c2)CCOCC1. The van der Waals surface area contributed by atoms with Gasteiger partial charge in [-0.3, -0.25) is 4.79 Å². The van der Waals surface area contributed by atoms with E-state index in [1.165, 1.54) is 0 Å². The van der Waals surface area contributed by atoms with Crippen molar-refractivity contribution >= 4 is 29.3 Å². The van der Waals surface area contributed by atoms with Crippen molar-refractivity contribution < 1.29 is 9.53 Å². The average Bonchev–Trinajstić information content (AvgIpc) is 2.46. The van der Waals surface area contributed by atoms with Gasteiger partial charge in [-0.25, -0.2) is 0 Å². The monoisotopic (exact) mass is 313 g/mol. The number of benzene rings is 1. The van der Waals surface area contributed by atoms with Crippen LogP contribution in [0.3, 0.4) is 0 Å². The van der Waals surface area contributed by atoms with E-state index in [1.54, 1.807) is 0 Å². The first-order valence-electron chi connectivity index (χ1n) is 6.78. The molecule has 5 heteroatoms. The summed E-state index contributed by atoms with van der Waals surface area (Å²) in [4.78, 5) is 12.0. The summed E-state index contributed by atoms with van der Waals surface area (Å²) in [5.74, 6) is 0.0483. The number of halogens is 1. The molecule has 1 aromatic rings. The van der Waals surface area contributed by atoms with E-state index in [2.05, 4.69) is 11.6 Å². The lowest BCUT2D eigenvalue weighted by molar-refractivity contribution is -0.120. The molecule has 1 fully saturated rings. The lowest BCUT2D eigenvalue weighted by atomic mass is 9.99. The van der Waals surface area contributed by atoms with Crippen molar-refractivity contribution in [2.45, 2.75) is 24.0 Å². The lowest BCUT2D eigenvalue weighted by Crippen LogP contribution is -2.44. The quantitative estimate of drug-likeness (QED) is 0.908. The van der Waals surface area contributed by atoms with Crippen LogP contribution in [0.25, 0.3) is 0 Å².